The van der Waals surface area contributed by atoms with Gasteiger partial charge in [0, 0.05) is 37.0 Å². The van der Waals surface area contributed by atoms with E-state index in [0.717, 1.165) is 22.3 Å². The summed E-state index contributed by atoms with van der Waals surface area (Å²) in [4.78, 5) is 16.2. The molecule has 0 unspecified atom stereocenters. The monoisotopic (exact) mass is 406 g/mol. The second-order valence-electron chi connectivity index (χ2n) is 8.24. The van der Waals surface area contributed by atoms with Crippen LogP contribution in [0.5, 0.6) is 11.6 Å². The van der Waals surface area contributed by atoms with Gasteiger partial charge in [-0.2, -0.15) is 0 Å². The quantitative estimate of drug-likeness (QED) is 0.639. The number of aromatic nitrogens is 2. The van der Waals surface area contributed by atoms with Gasteiger partial charge in [0.25, 0.3) is 0 Å². The third-order valence-electron chi connectivity index (χ3n) is 4.82. The molecule has 0 atom stereocenters. The number of rotatable bonds is 3. The van der Waals surface area contributed by atoms with Crippen LogP contribution in [-0.4, -0.2) is 53.0 Å². The highest BCUT2D eigenvalue weighted by atomic mass is 16.6. The van der Waals surface area contributed by atoms with E-state index in [4.69, 9.17) is 9.47 Å². The lowest BCUT2D eigenvalue weighted by molar-refractivity contribution is 0.0240. The molecule has 156 valence electrons. The summed E-state index contributed by atoms with van der Waals surface area (Å²) in [5.74, 6) is 2.00. The van der Waals surface area contributed by atoms with Crippen LogP contribution in [0, 0.1) is 0 Å². The van der Waals surface area contributed by atoms with Crippen LogP contribution >= 0.6 is 0 Å². The number of carbonyl (C=O) groups is 1. The van der Waals surface area contributed by atoms with Crippen LogP contribution in [0.1, 0.15) is 20.8 Å². The van der Waals surface area contributed by atoms with Gasteiger partial charge in [0.15, 0.2) is 5.82 Å². The van der Waals surface area contributed by atoms with E-state index in [1.54, 1.807) is 4.90 Å². The summed E-state index contributed by atoms with van der Waals surface area (Å²) in [6.45, 7) is 8.11. The van der Waals surface area contributed by atoms with Crippen LogP contribution in [0.15, 0.2) is 54.6 Å². The van der Waals surface area contributed by atoms with E-state index in [-0.39, 0.29) is 6.09 Å². The molecule has 3 aromatic rings. The standard InChI is InChI=1S/C23H26N4O3/c1-23(2,3)30-22(28)27-15-13-26(14-16-27)20-18-11-7-8-12-19(18)21(25-24-20)29-17-9-5-4-6-10-17/h4-12H,13-16H2,1-3H3. The van der Waals surface area contributed by atoms with E-state index >= 15 is 0 Å². The minimum atomic E-state index is -0.496. The number of anilines is 1. The Morgan fingerprint density at radius 2 is 1.50 bits per heavy atom. The van der Waals surface area contributed by atoms with Gasteiger partial charge in [-0.1, -0.05) is 36.4 Å². The van der Waals surface area contributed by atoms with Crippen molar-refractivity contribution in [1.82, 2.24) is 15.1 Å². The van der Waals surface area contributed by atoms with E-state index in [9.17, 15) is 4.79 Å². The number of ether oxygens (including phenoxy) is 2. The van der Waals surface area contributed by atoms with Crippen molar-refractivity contribution in [2.75, 3.05) is 31.1 Å². The van der Waals surface area contributed by atoms with Crippen molar-refractivity contribution < 1.29 is 14.3 Å². The summed E-state index contributed by atoms with van der Waals surface area (Å²) in [5, 5.41) is 10.7. The summed E-state index contributed by atoms with van der Waals surface area (Å²) in [7, 11) is 0. The van der Waals surface area contributed by atoms with Crippen molar-refractivity contribution in [3.8, 4) is 11.6 Å². The topological polar surface area (TPSA) is 67.8 Å². The molecule has 30 heavy (non-hydrogen) atoms. The van der Waals surface area contributed by atoms with Crippen molar-refractivity contribution in [2.45, 2.75) is 26.4 Å². The molecule has 7 heteroatoms. The van der Waals surface area contributed by atoms with Gasteiger partial charge in [-0.15, -0.1) is 10.2 Å². The predicted molar refractivity (Wildman–Crippen MR) is 116 cm³/mol. The lowest BCUT2D eigenvalue weighted by Gasteiger charge is -2.36. The van der Waals surface area contributed by atoms with Gasteiger partial charge < -0.3 is 19.3 Å². The van der Waals surface area contributed by atoms with Gasteiger partial charge in [0.2, 0.25) is 5.88 Å². The molecule has 0 spiro atoms. The minimum absolute atomic E-state index is 0.273. The molecule has 2 heterocycles. The number of carbonyl (C=O) groups excluding carboxylic acids is 1. The molecule has 0 radical (unpaired) electrons. The minimum Gasteiger partial charge on any atom is -0.444 e. The summed E-state index contributed by atoms with van der Waals surface area (Å²) in [6, 6.07) is 17.5. The molecular formula is C23H26N4O3. The molecule has 0 saturated carbocycles. The normalized spacial score (nSPS) is 14.6. The van der Waals surface area contributed by atoms with Gasteiger partial charge >= 0.3 is 6.09 Å². The summed E-state index contributed by atoms with van der Waals surface area (Å²) >= 11 is 0. The first-order valence-corrected chi connectivity index (χ1v) is 10.1. The Balaban J connectivity index is 1.53. The maximum atomic E-state index is 12.3. The molecule has 1 aliphatic rings. The van der Waals surface area contributed by atoms with E-state index in [2.05, 4.69) is 15.1 Å². The van der Waals surface area contributed by atoms with Crippen molar-refractivity contribution >= 4 is 22.7 Å². The van der Waals surface area contributed by atoms with Crippen LogP contribution in [0.2, 0.25) is 0 Å². The van der Waals surface area contributed by atoms with Crippen molar-refractivity contribution in [3.05, 3.63) is 54.6 Å². The lowest BCUT2D eigenvalue weighted by Crippen LogP contribution is -2.50. The third-order valence-corrected chi connectivity index (χ3v) is 4.82. The first-order chi connectivity index (χ1) is 14.4. The molecule has 0 bridgehead atoms. The Morgan fingerprint density at radius 3 is 2.17 bits per heavy atom. The molecule has 0 N–H and O–H groups in total. The van der Waals surface area contributed by atoms with Crippen LogP contribution in [0.4, 0.5) is 10.6 Å². The number of piperazine rings is 1. The van der Waals surface area contributed by atoms with Crippen molar-refractivity contribution in [1.29, 1.82) is 0 Å². The van der Waals surface area contributed by atoms with Crippen molar-refractivity contribution in [3.63, 3.8) is 0 Å². The van der Waals surface area contributed by atoms with E-state index < -0.39 is 5.60 Å². The maximum absolute atomic E-state index is 12.3. The van der Waals surface area contributed by atoms with Crippen LogP contribution < -0.4 is 9.64 Å². The molecule has 1 aliphatic heterocycles. The highest BCUT2D eigenvalue weighted by Crippen LogP contribution is 2.32. The van der Waals surface area contributed by atoms with E-state index in [0.29, 0.717) is 32.1 Å². The number of hydrogen-bond donors (Lipinski definition) is 0. The molecule has 1 saturated heterocycles. The van der Waals surface area contributed by atoms with Gasteiger partial charge in [0.05, 0.1) is 0 Å². The smallest absolute Gasteiger partial charge is 0.410 e. The molecule has 4 rings (SSSR count). The Hall–Kier alpha value is -3.35. The predicted octanol–water partition coefficient (Wildman–Crippen LogP) is 4.48. The molecule has 1 aromatic heterocycles. The Labute approximate surface area is 176 Å². The number of fused-ring (bicyclic) bond motifs is 1. The van der Waals surface area contributed by atoms with Gasteiger partial charge in [-0.3, -0.25) is 0 Å². The highest BCUT2D eigenvalue weighted by Gasteiger charge is 2.27. The zero-order valence-electron chi connectivity index (χ0n) is 17.5. The average molecular weight is 406 g/mol. The largest absolute Gasteiger partial charge is 0.444 e. The third kappa shape index (κ3) is 4.45. The first-order valence-electron chi connectivity index (χ1n) is 10.1. The summed E-state index contributed by atoms with van der Waals surface area (Å²) in [5.41, 5.74) is -0.496. The Bertz CT molecular complexity index is 1030. The number of benzene rings is 2. The zero-order valence-corrected chi connectivity index (χ0v) is 17.5. The molecule has 0 aliphatic carbocycles. The average Bonchev–Trinajstić information content (AvgIpc) is 2.74. The summed E-state index contributed by atoms with van der Waals surface area (Å²) < 4.78 is 11.5. The Kier molecular flexibility index (Phi) is 5.44. The SMILES string of the molecule is CC(C)(C)OC(=O)N1CCN(c2nnc(Oc3ccccc3)c3ccccc23)CC1. The highest BCUT2D eigenvalue weighted by molar-refractivity contribution is 5.95. The molecule has 1 amide bonds. The van der Waals surface area contributed by atoms with Gasteiger partial charge in [-0.25, -0.2) is 4.79 Å². The summed E-state index contributed by atoms with van der Waals surface area (Å²) in [6.07, 6.45) is -0.273. The number of para-hydroxylation sites is 1. The second kappa shape index (κ2) is 8.18. The van der Waals surface area contributed by atoms with Crippen LogP contribution in [-0.2, 0) is 4.74 Å². The molecule has 2 aromatic carbocycles. The lowest BCUT2D eigenvalue weighted by atomic mass is 10.1. The molecule has 1 fully saturated rings. The van der Waals surface area contributed by atoms with Gasteiger partial charge in [-0.05, 0) is 39.0 Å². The fourth-order valence-corrected chi connectivity index (χ4v) is 3.40. The van der Waals surface area contributed by atoms with Gasteiger partial charge in [0.1, 0.15) is 11.4 Å². The number of amides is 1. The second-order valence-corrected chi connectivity index (χ2v) is 8.24. The van der Waals surface area contributed by atoms with E-state index in [1.807, 2.05) is 75.4 Å². The van der Waals surface area contributed by atoms with Crippen molar-refractivity contribution in [2.24, 2.45) is 0 Å². The number of nitrogens with zero attached hydrogens (tertiary/aromatic N) is 4. The van der Waals surface area contributed by atoms with Crippen LogP contribution in [0.25, 0.3) is 10.8 Å². The maximum Gasteiger partial charge on any atom is 0.410 e. The van der Waals surface area contributed by atoms with Crippen LogP contribution in [0.3, 0.4) is 0 Å². The first kappa shape index (κ1) is 19.9. The fourth-order valence-electron chi connectivity index (χ4n) is 3.40. The fraction of sp³-hybridized carbons (Fsp3) is 0.348. The van der Waals surface area contributed by atoms with E-state index in [1.165, 1.54) is 0 Å². The zero-order chi connectivity index (χ0) is 21.1. The number of hydrogen-bond acceptors (Lipinski definition) is 6. The molecular weight excluding hydrogens is 380 g/mol. The Morgan fingerprint density at radius 1 is 0.867 bits per heavy atom. The molecule has 7 nitrogen and oxygen atoms in total.